The number of halogens is 3. The van der Waals surface area contributed by atoms with Crippen LogP contribution in [0.25, 0.3) is 0 Å². The lowest BCUT2D eigenvalue weighted by molar-refractivity contribution is -0.137. The van der Waals surface area contributed by atoms with Crippen molar-refractivity contribution in [1.29, 1.82) is 0 Å². The summed E-state index contributed by atoms with van der Waals surface area (Å²) >= 11 is 0. The van der Waals surface area contributed by atoms with E-state index in [0.717, 1.165) is 37.8 Å². The second-order valence-corrected chi connectivity index (χ2v) is 9.38. The second kappa shape index (κ2) is 9.02. The topological polar surface area (TPSA) is 60.9 Å². The monoisotopic (exact) mass is 485 g/mol. The predicted octanol–water partition coefficient (Wildman–Crippen LogP) is 4.35. The minimum atomic E-state index is -4.40. The average Bonchev–Trinajstić information content (AvgIpc) is 3.13. The Balaban J connectivity index is 1.23. The first-order valence-corrected chi connectivity index (χ1v) is 11.9. The summed E-state index contributed by atoms with van der Waals surface area (Å²) in [4.78, 5) is 43.4. The molecule has 3 aliphatic rings. The first kappa shape index (κ1) is 23.4. The molecule has 0 aromatic heterocycles. The largest absolute Gasteiger partial charge is 0.416 e. The molecule has 1 aliphatic carbocycles. The zero-order chi connectivity index (χ0) is 24.7. The van der Waals surface area contributed by atoms with Gasteiger partial charge in [-0.1, -0.05) is 18.9 Å². The number of fused-ring (bicyclic) bond motifs is 1. The summed E-state index contributed by atoms with van der Waals surface area (Å²) in [7, 11) is 0. The molecular formula is C26H26F3N3O3. The number of piperazine rings is 1. The molecule has 1 saturated carbocycles. The number of alkyl halides is 3. The van der Waals surface area contributed by atoms with E-state index in [1.807, 2.05) is 4.90 Å². The molecule has 2 saturated heterocycles. The Hall–Kier alpha value is -3.36. The number of rotatable bonds is 3. The molecule has 3 fully saturated rings. The number of imide groups is 1. The van der Waals surface area contributed by atoms with Gasteiger partial charge in [0.15, 0.2) is 0 Å². The summed E-state index contributed by atoms with van der Waals surface area (Å²) in [5, 5.41) is 0. The maximum absolute atomic E-state index is 13.0. The fourth-order valence-corrected chi connectivity index (χ4v) is 5.40. The first-order valence-electron chi connectivity index (χ1n) is 11.9. The van der Waals surface area contributed by atoms with Crippen LogP contribution in [-0.4, -0.2) is 48.8 Å². The van der Waals surface area contributed by atoms with Gasteiger partial charge in [-0.25, -0.2) is 0 Å². The molecule has 2 aromatic carbocycles. The van der Waals surface area contributed by atoms with Gasteiger partial charge in [0, 0.05) is 37.4 Å². The Morgan fingerprint density at radius 2 is 1.40 bits per heavy atom. The molecule has 2 unspecified atom stereocenters. The van der Waals surface area contributed by atoms with E-state index in [1.54, 1.807) is 35.2 Å². The number of hydrogen-bond acceptors (Lipinski definition) is 4. The Morgan fingerprint density at radius 1 is 0.800 bits per heavy atom. The number of anilines is 2. The molecule has 0 N–H and O–H groups in total. The van der Waals surface area contributed by atoms with E-state index in [-0.39, 0.29) is 29.6 Å². The molecule has 2 heterocycles. The highest BCUT2D eigenvalue weighted by molar-refractivity contribution is 6.22. The van der Waals surface area contributed by atoms with Crippen molar-refractivity contribution in [3.8, 4) is 0 Å². The molecule has 0 bridgehead atoms. The van der Waals surface area contributed by atoms with Crippen LogP contribution in [0, 0.1) is 11.8 Å². The van der Waals surface area contributed by atoms with Crippen molar-refractivity contribution in [3.63, 3.8) is 0 Å². The van der Waals surface area contributed by atoms with Crippen molar-refractivity contribution in [2.45, 2.75) is 31.9 Å². The highest BCUT2D eigenvalue weighted by Crippen LogP contribution is 2.40. The van der Waals surface area contributed by atoms with Crippen LogP contribution in [-0.2, 0) is 15.8 Å². The van der Waals surface area contributed by atoms with E-state index in [9.17, 15) is 27.6 Å². The van der Waals surface area contributed by atoms with E-state index >= 15 is 0 Å². The fourth-order valence-electron chi connectivity index (χ4n) is 5.40. The van der Waals surface area contributed by atoms with Crippen molar-refractivity contribution in [2.75, 3.05) is 36.0 Å². The van der Waals surface area contributed by atoms with E-state index < -0.39 is 11.7 Å². The van der Waals surface area contributed by atoms with E-state index in [2.05, 4.69) is 0 Å². The van der Waals surface area contributed by atoms with Gasteiger partial charge in [0.25, 0.3) is 5.91 Å². The molecule has 6 nitrogen and oxygen atoms in total. The molecule has 2 atom stereocenters. The lowest BCUT2D eigenvalue weighted by Gasteiger charge is -2.36. The molecule has 3 amide bonds. The molecule has 184 valence electrons. The normalized spacial score (nSPS) is 23.0. The van der Waals surface area contributed by atoms with Gasteiger partial charge in [-0.05, 0) is 55.3 Å². The zero-order valence-electron chi connectivity index (χ0n) is 19.1. The highest BCUT2D eigenvalue weighted by Gasteiger charge is 2.48. The third-order valence-electron chi connectivity index (χ3n) is 7.32. The van der Waals surface area contributed by atoms with Crippen molar-refractivity contribution < 1.29 is 27.6 Å². The fraction of sp³-hybridized carbons (Fsp3) is 0.423. The standard InChI is InChI=1S/C26H26F3N3O3/c27-26(28,29)18-4-3-5-20(16-18)30-12-14-31(15-13-30)23(33)17-8-10-19(11-9-17)32-24(34)21-6-1-2-7-22(21)25(32)35/h3-5,8-11,16,21-22H,1-2,6-7,12-15H2. The van der Waals surface area contributed by atoms with Gasteiger partial charge >= 0.3 is 6.18 Å². The summed E-state index contributed by atoms with van der Waals surface area (Å²) in [6, 6.07) is 11.7. The van der Waals surface area contributed by atoms with Crippen LogP contribution in [0.5, 0.6) is 0 Å². The predicted molar refractivity (Wildman–Crippen MR) is 124 cm³/mol. The van der Waals surface area contributed by atoms with Gasteiger partial charge in [-0.2, -0.15) is 13.2 Å². The van der Waals surface area contributed by atoms with Crippen molar-refractivity contribution in [1.82, 2.24) is 4.90 Å². The highest BCUT2D eigenvalue weighted by atomic mass is 19.4. The van der Waals surface area contributed by atoms with Crippen molar-refractivity contribution in [2.24, 2.45) is 11.8 Å². The van der Waals surface area contributed by atoms with E-state index in [1.165, 1.54) is 11.0 Å². The molecular weight excluding hydrogens is 459 g/mol. The van der Waals surface area contributed by atoms with Crippen LogP contribution in [0.1, 0.15) is 41.6 Å². The van der Waals surface area contributed by atoms with Crippen molar-refractivity contribution >= 4 is 29.1 Å². The van der Waals surface area contributed by atoms with E-state index in [0.29, 0.717) is 43.1 Å². The molecule has 5 rings (SSSR count). The average molecular weight is 486 g/mol. The number of benzene rings is 2. The number of carbonyl (C=O) groups excluding carboxylic acids is 3. The minimum absolute atomic E-state index is 0.149. The maximum atomic E-state index is 13.0. The summed E-state index contributed by atoms with van der Waals surface area (Å²) in [6.07, 6.45) is -0.989. The lowest BCUT2D eigenvalue weighted by Crippen LogP contribution is -2.48. The summed E-state index contributed by atoms with van der Waals surface area (Å²) in [5.41, 5.74) is 0.720. The first-order chi connectivity index (χ1) is 16.7. The SMILES string of the molecule is O=C(c1ccc(N2C(=O)C3CCCCC3C2=O)cc1)N1CCN(c2cccc(C(F)(F)F)c2)CC1. The van der Waals surface area contributed by atoms with Gasteiger partial charge in [-0.3, -0.25) is 19.3 Å². The van der Waals surface area contributed by atoms with Gasteiger partial charge in [-0.15, -0.1) is 0 Å². The number of amides is 3. The minimum Gasteiger partial charge on any atom is -0.368 e. The number of hydrogen-bond donors (Lipinski definition) is 0. The van der Waals surface area contributed by atoms with Gasteiger partial charge < -0.3 is 9.80 Å². The van der Waals surface area contributed by atoms with E-state index in [4.69, 9.17) is 0 Å². The lowest BCUT2D eigenvalue weighted by atomic mass is 9.81. The second-order valence-electron chi connectivity index (χ2n) is 9.38. The van der Waals surface area contributed by atoms with Gasteiger partial charge in [0.2, 0.25) is 11.8 Å². The quantitative estimate of drug-likeness (QED) is 0.607. The Morgan fingerprint density at radius 3 is 1.97 bits per heavy atom. The Bertz CT molecular complexity index is 1120. The van der Waals surface area contributed by atoms with Crippen LogP contribution in [0.3, 0.4) is 0 Å². The molecule has 9 heteroatoms. The third kappa shape index (κ3) is 4.39. The smallest absolute Gasteiger partial charge is 0.368 e. The maximum Gasteiger partial charge on any atom is 0.416 e. The molecule has 35 heavy (non-hydrogen) atoms. The van der Waals surface area contributed by atoms with Crippen LogP contribution in [0.15, 0.2) is 48.5 Å². The van der Waals surface area contributed by atoms with Crippen LogP contribution in [0.4, 0.5) is 24.5 Å². The summed E-state index contributed by atoms with van der Waals surface area (Å²) < 4.78 is 39.1. The molecule has 2 aliphatic heterocycles. The Labute approximate surface area is 201 Å². The molecule has 0 spiro atoms. The summed E-state index contributed by atoms with van der Waals surface area (Å²) in [6.45, 7) is 1.60. The van der Waals surface area contributed by atoms with Crippen LogP contribution in [0.2, 0.25) is 0 Å². The van der Waals surface area contributed by atoms with Gasteiger partial charge in [0.1, 0.15) is 0 Å². The number of carbonyl (C=O) groups is 3. The molecule has 0 radical (unpaired) electrons. The van der Waals surface area contributed by atoms with Crippen LogP contribution >= 0.6 is 0 Å². The zero-order valence-corrected chi connectivity index (χ0v) is 19.1. The van der Waals surface area contributed by atoms with Crippen molar-refractivity contribution in [3.05, 3.63) is 59.7 Å². The third-order valence-corrected chi connectivity index (χ3v) is 7.32. The summed E-state index contributed by atoms with van der Waals surface area (Å²) in [5.74, 6) is -0.946. The Kier molecular flexibility index (Phi) is 6.02. The van der Waals surface area contributed by atoms with Gasteiger partial charge in [0.05, 0.1) is 23.1 Å². The molecule has 2 aromatic rings. The number of nitrogens with zero attached hydrogens (tertiary/aromatic N) is 3. The van der Waals surface area contributed by atoms with Crippen LogP contribution < -0.4 is 9.80 Å².